The fraction of sp³-hybridized carbons (Fsp3) is 0.222. The molecule has 3 aromatic rings. The maximum absolute atomic E-state index is 10.6. The van der Waals surface area contributed by atoms with E-state index in [0.29, 0.717) is 0 Å². The minimum Gasteiger partial charge on any atom is -0.469 e. The topological polar surface area (TPSA) is 33.4 Å². The predicted molar refractivity (Wildman–Crippen MR) is 78.9 cm³/mol. The molecule has 0 amide bonds. The van der Waals surface area contributed by atoms with Gasteiger partial charge in [-0.2, -0.15) is 0 Å². The molecule has 1 unspecified atom stereocenters. The molecule has 100 valence electrons. The molecule has 0 saturated heterocycles. The summed E-state index contributed by atoms with van der Waals surface area (Å²) in [7, 11) is 0. The smallest absolute Gasteiger partial charge is 0.108 e. The van der Waals surface area contributed by atoms with Crippen LogP contribution in [0.2, 0.25) is 0 Å². The van der Waals surface area contributed by atoms with Crippen molar-refractivity contribution in [3.8, 4) is 0 Å². The first-order valence-electron chi connectivity index (χ1n) is 7.00. The van der Waals surface area contributed by atoms with Crippen LogP contribution in [0.1, 0.15) is 34.1 Å². The largest absolute Gasteiger partial charge is 0.469 e. The average molecular weight is 264 g/mol. The van der Waals surface area contributed by atoms with Gasteiger partial charge in [-0.3, -0.25) is 0 Å². The Hall–Kier alpha value is -2.06. The zero-order valence-corrected chi connectivity index (χ0v) is 11.4. The first-order chi connectivity index (χ1) is 9.74. The van der Waals surface area contributed by atoms with Crippen molar-refractivity contribution in [1.82, 2.24) is 0 Å². The van der Waals surface area contributed by atoms with Gasteiger partial charge in [-0.05, 0) is 53.3 Å². The molecule has 1 N–H and O–H groups in total. The lowest BCUT2D eigenvalue weighted by molar-refractivity contribution is 0.221. The summed E-state index contributed by atoms with van der Waals surface area (Å²) in [4.78, 5) is 0. The van der Waals surface area contributed by atoms with Crippen LogP contribution >= 0.6 is 0 Å². The van der Waals surface area contributed by atoms with Crippen LogP contribution in [0, 0.1) is 6.92 Å². The van der Waals surface area contributed by atoms with Crippen molar-refractivity contribution in [3.05, 3.63) is 70.7 Å². The summed E-state index contributed by atoms with van der Waals surface area (Å²) in [6, 6.07) is 12.5. The molecule has 0 saturated carbocycles. The van der Waals surface area contributed by atoms with Crippen LogP contribution in [-0.2, 0) is 12.8 Å². The van der Waals surface area contributed by atoms with Crippen molar-refractivity contribution in [2.45, 2.75) is 25.9 Å². The van der Waals surface area contributed by atoms with Gasteiger partial charge in [0.15, 0.2) is 0 Å². The molecule has 2 nitrogen and oxygen atoms in total. The van der Waals surface area contributed by atoms with Crippen LogP contribution in [0.4, 0.5) is 0 Å². The Labute approximate surface area is 117 Å². The number of benzene rings is 2. The van der Waals surface area contributed by atoms with Crippen molar-refractivity contribution in [2.24, 2.45) is 0 Å². The molecule has 1 atom stereocenters. The molecule has 1 aliphatic rings. The van der Waals surface area contributed by atoms with Crippen LogP contribution in [0.3, 0.4) is 0 Å². The molecule has 0 fully saturated rings. The second kappa shape index (κ2) is 4.22. The molecule has 0 radical (unpaired) electrons. The molecule has 1 heterocycles. The van der Waals surface area contributed by atoms with E-state index in [1.54, 1.807) is 6.26 Å². The lowest BCUT2D eigenvalue weighted by atomic mass is 9.94. The van der Waals surface area contributed by atoms with Gasteiger partial charge in [0.25, 0.3) is 0 Å². The zero-order valence-electron chi connectivity index (χ0n) is 11.4. The van der Waals surface area contributed by atoms with Gasteiger partial charge in [0.1, 0.15) is 11.9 Å². The third kappa shape index (κ3) is 1.61. The first kappa shape index (κ1) is 11.7. The van der Waals surface area contributed by atoms with Gasteiger partial charge < -0.3 is 9.52 Å². The summed E-state index contributed by atoms with van der Waals surface area (Å²) in [5.41, 5.74) is 4.58. The summed E-state index contributed by atoms with van der Waals surface area (Å²) in [5, 5.41) is 13.2. The van der Waals surface area contributed by atoms with E-state index >= 15 is 0 Å². The van der Waals surface area contributed by atoms with Gasteiger partial charge in [0.2, 0.25) is 0 Å². The lowest BCUT2D eigenvalue weighted by Crippen LogP contribution is -1.99. The number of rotatable bonds is 2. The van der Waals surface area contributed by atoms with E-state index in [1.807, 2.05) is 13.0 Å². The molecule has 0 spiro atoms. The highest BCUT2D eigenvalue weighted by atomic mass is 16.3. The maximum atomic E-state index is 10.6. The van der Waals surface area contributed by atoms with E-state index in [-0.39, 0.29) is 0 Å². The second-order valence-electron chi connectivity index (χ2n) is 5.55. The predicted octanol–water partition coefficient (Wildman–Crippen LogP) is 3.92. The van der Waals surface area contributed by atoms with Crippen LogP contribution in [-0.4, -0.2) is 5.11 Å². The normalized spacial score (nSPS) is 14.9. The Morgan fingerprint density at radius 2 is 1.90 bits per heavy atom. The van der Waals surface area contributed by atoms with Crippen molar-refractivity contribution in [3.63, 3.8) is 0 Å². The maximum Gasteiger partial charge on any atom is 0.108 e. The second-order valence-corrected chi connectivity index (χ2v) is 5.55. The van der Waals surface area contributed by atoms with Gasteiger partial charge in [-0.25, -0.2) is 0 Å². The molecule has 4 rings (SSSR count). The Balaban J connectivity index is 1.93. The van der Waals surface area contributed by atoms with Gasteiger partial charge in [0, 0.05) is 5.56 Å². The van der Waals surface area contributed by atoms with E-state index < -0.39 is 6.10 Å². The van der Waals surface area contributed by atoms with Crippen LogP contribution < -0.4 is 0 Å². The minimum atomic E-state index is -0.627. The highest BCUT2D eigenvalue weighted by Gasteiger charge is 2.20. The third-order valence-electron chi connectivity index (χ3n) is 4.27. The quantitative estimate of drug-likeness (QED) is 0.761. The van der Waals surface area contributed by atoms with E-state index in [2.05, 4.69) is 30.3 Å². The summed E-state index contributed by atoms with van der Waals surface area (Å²) < 4.78 is 5.32. The van der Waals surface area contributed by atoms with E-state index in [0.717, 1.165) is 29.7 Å². The van der Waals surface area contributed by atoms with Gasteiger partial charge in [0.05, 0.1) is 6.26 Å². The van der Waals surface area contributed by atoms with Crippen molar-refractivity contribution in [2.75, 3.05) is 0 Å². The molecule has 0 aliphatic heterocycles. The summed E-state index contributed by atoms with van der Waals surface area (Å²) >= 11 is 0. The molecular formula is C18H16O2. The fourth-order valence-electron chi connectivity index (χ4n) is 3.29. The monoisotopic (exact) mass is 264 g/mol. The molecule has 2 heteroatoms. The van der Waals surface area contributed by atoms with Gasteiger partial charge >= 0.3 is 0 Å². The number of aliphatic hydroxyl groups is 1. The summed E-state index contributed by atoms with van der Waals surface area (Å²) in [6.45, 7) is 1.89. The molecule has 1 aliphatic carbocycles. The summed E-state index contributed by atoms with van der Waals surface area (Å²) in [5.74, 6) is 0.824. The fourth-order valence-corrected chi connectivity index (χ4v) is 3.29. The Bertz CT molecular complexity index is 788. The lowest BCUT2D eigenvalue weighted by Gasteiger charge is -2.13. The minimum absolute atomic E-state index is 0.627. The average Bonchev–Trinajstić information content (AvgIpc) is 3.07. The Kier molecular flexibility index (Phi) is 2.48. The highest BCUT2D eigenvalue weighted by molar-refractivity contribution is 5.93. The number of furan rings is 1. The van der Waals surface area contributed by atoms with Crippen LogP contribution in [0.5, 0.6) is 0 Å². The van der Waals surface area contributed by atoms with Gasteiger partial charge in [-0.15, -0.1) is 0 Å². The van der Waals surface area contributed by atoms with Crippen molar-refractivity contribution < 1.29 is 9.52 Å². The standard InChI is InChI=1S/C18H16O2/c1-11-9-14(10-20-11)18(19)16-8-7-13-6-5-12-3-2-4-15(16)17(12)13/h2-4,7-10,18-19H,5-6H2,1H3. The van der Waals surface area contributed by atoms with Gasteiger partial charge in [-0.1, -0.05) is 30.3 Å². The molecule has 20 heavy (non-hydrogen) atoms. The third-order valence-corrected chi connectivity index (χ3v) is 4.27. The van der Waals surface area contributed by atoms with Crippen molar-refractivity contribution in [1.29, 1.82) is 0 Å². The Morgan fingerprint density at radius 3 is 2.65 bits per heavy atom. The van der Waals surface area contributed by atoms with Crippen LogP contribution in [0.15, 0.2) is 47.1 Å². The van der Waals surface area contributed by atoms with Crippen LogP contribution in [0.25, 0.3) is 10.8 Å². The number of aliphatic hydroxyl groups excluding tert-OH is 1. The molecule has 0 bridgehead atoms. The van der Waals surface area contributed by atoms with Crippen molar-refractivity contribution >= 4 is 10.8 Å². The molecule has 2 aromatic carbocycles. The number of hydrogen-bond donors (Lipinski definition) is 1. The zero-order chi connectivity index (χ0) is 13.7. The summed E-state index contributed by atoms with van der Waals surface area (Å²) in [6.07, 6.45) is 3.23. The van der Waals surface area contributed by atoms with E-state index in [1.165, 1.54) is 21.9 Å². The molecule has 1 aromatic heterocycles. The number of aryl methyl sites for hydroxylation is 3. The SMILES string of the molecule is Cc1cc(C(O)c2ccc3c4c(cccc24)CC3)co1. The van der Waals surface area contributed by atoms with E-state index in [9.17, 15) is 5.11 Å². The Morgan fingerprint density at radius 1 is 1.10 bits per heavy atom. The number of hydrogen-bond acceptors (Lipinski definition) is 2. The first-order valence-corrected chi connectivity index (χ1v) is 7.00. The molecular weight excluding hydrogens is 248 g/mol. The van der Waals surface area contributed by atoms with E-state index in [4.69, 9.17) is 4.42 Å². The highest BCUT2D eigenvalue weighted by Crippen LogP contribution is 2.36.